The molecule has 15 heavy (non-hydrogen) atoms. The molecule has 2 nitrogen and oxygen atoms in total. The highest BCUT2D eigenvalue weighted by Crippen LogP contribution is 2.25. The molecule has 0 unspecified atom stereocenters. The number of aliphatic hydroxyl groups excluding tert-OH is 1. The lowest BCUT2D eigenvalue weighted by atomic mass is 10.2. The third-order valence-corrected chi connectivity index (χ3v) is 2.28. The molecular weight excluding hydrogens is 212 g/mol. The number of unbranched alkanes of at least 4 members (excludes halogenated alkanes) is 1. The van der Waals surface area contributed by atoms with E-state index in [1.165, 1.54) is 0 Å². The van der Waals surface area contributed by atoms with Crippen LogP contribution in [0.2, 0.25) is 5.02 Å². The predicted octanol–water partition coefficient (Wildman–Crippen LogP) is 3.18. The Balaban J connectivity index is 2.50. The predicted molar refractivity (Wildman–Crippen MR) is 62.3 cm³/mol. The van der Waals surface area contributed by atoms with Crippen molar-refractivity contribution in [3.63, 3.8) is 0 Å². The first-order valence-electron chi connectivity index (χ1n) is 4.91. The molecule has 0 fully saturated rings. The minimum absolute atomic E-state index is 0.00351. The van der Waals surface area contributed by atoms with E-state index in [0.29, 0.717) is 17.4 Å². The first-order chi connectivity index (χ1) is 7.27. The summed E-state index contributed by atoms with van der Waals surface area (Å²) in [5.41, 5.74) is 0.790. The van der Waals surface area contributed by atoms with Gasteiger partial charge in [0.15, 0.2) is 0 Å². The molecule has 1 rings (SSSR count). The first kappa shape index (κ1) is 12.1. The van der Waals surface area contributed by atoms with Crippen molar-refractivity contribution in [1.82, 2.24) is 0 Å². The van der Waals surface area contributed by atoms with Crippen molar-refractivity contribution in [2.24, 2.45) is 0 Å². The monoisotopic (exact) mass is 226 g/mol. The Bertz CT molecular complexity index is 323. The molecule has 0 aliphatic carbocycles. The zero-order chi connectivity index (χ0) is 11.1. The van der Waals surface area contributed by atoms with Crippen LogP contribution >= 0.6 is 11.6 Å². The van der Waals surface area contributed by atoms with Crippen LogP contribution in [0.5, 0.6) is 5.75 Å². The number of halogens is 1. The van der Waals surface area contributed by atoms with Crippen LogP contribution in [0.25, 0.3) is 0 Å². The minimum Gasteiger partial charge on any atom is -0.492 e. The first-order valence-corrected chi connectivity index (χ1v) is 5.28. The van der Waals surface area contributed by atoms with Gasteiger partial charge in [-0.3, -0.25) is 0 Å². The average molecular weight is 227 g/mol. The van der Waals surface area contributed by atoms with Crippen molar-refractivity contribution in [2.75, 3.05) is 6.61 Å². The van der Waals surface area contributed by atoms with E-state index < -0.39 is 0 Å². The fraction of sp³-hybridized carbons (Fsp3) is 0.333. The van der Waals surface area contributed by atoms with Gasteiger partial charge in [0.2, 0.25) is 0 Å². The molecule has 0 aromatic heterocycles. The molecular formula is C12H15ClO2. The van der Waals surface area contributed by atoms with Crippen molar-refractivity contribution in [3.05, 3.63) is 41.4 Å². The molecule has 0 saturated carbocycles. The molecule has 0 saturated heterocycles. The Morgan fingerprint density at radius 3 is 2.87 bits per heavy atom. The Labute approximate surface area is 95.1 Å². The zero-order valence-electron chi connectivity index (χ0n) is 8.58. The van der Waals surface area contributed by atoms with Gasteiger partial charge in [-0.1, -0.05) is 23.7 Å². The van der Waals surface area contributed by atoms with E-state index in [2.05, 4.69) is 6.58 Å². The maximum atomic E-state index is 8.89. The Morgan fingerprint density at radius 2 is 2.27 bits per heavy atom. The topological polar surface area (TPSA) is 29.5 Å². The van der Waals surface area contributed by atoms with Gasteiger partial charge in [-0.15, -0.1) is 6.58 Å². The second kappa shape index (κ2) is 6.49. The molecule has 0 aliphatic heterocycles. The number of allylic oxidation sites excluding steroid dienone is 1. The average Bonchev–Trinajstić information content (AvgIpc) is 2.26. The minimum atomic E-state index is -0.00351. The summed E-state index contributed by atoms with van der Waals surface area (Å²) in [5.74, 6) is 0.665. The summed E-state index contributed by atoms with van der Waals surface area (Å²) in [5, 5.41) is 9.43. The van der Waals surface area contributed by atoms with Gasteiger partial charge in [0, 0.05) is 0 Å². The smallest absolute Gasteiger partial charge is 0.137 e. The van der Waals surface area contributed by atoms with Crippen LogP contribution in [0.1, 0.15) is 18.4 Å². The number of benzene rings is 1. The van der Waals surface area contributed by atoms with Gasteiger partial charge >= 0.3 is 0 Å². The molecule has 0 bridgehead atoms. The molecule has 0 radical (unpaired) electrons. The van der Waals surface area contributed by atoms with Crippen molar-refractivity contribution in [2.45, 2.75) is 19.4 Å². The van der Waals surface area contributed by atoms with Gasteiger partial charge in [0.1, 0.15) is 5.75 Å². The molecule has 0 aliphatic rings. The standard InChI is InChI=1S/C12H15ClO2/c1-2-3-4-7-15-12-6-5-10(9-14)8-11(12)13/h2,5-6,8,14H,1,3-4,7,9H2. The van der Waals surface area contributed by atoms with Crippen LogP contribution in [0, 0.1) is 0 Å². The number of aliphatic hydroxyl groups is 1. The molecule has 1 aromatic carbocycles. The molecule has 82 valence electrons. The number of hydrogen-bond donors (Lipinski definition) is 1. The van der Waals surface area contributed by atoms with Crippen LogP contribution in [-0.4, -0.2) is 11.7 Å². The van der Waals surface area contributed by atoms with Crippen molar-refractivity contribution in [1.29, 1.82) is 0 Å². The van der Waals surface area contributed by atoms with Gasteiger partial charge in [0.05, 0.1) is 18.2 Å². The highest BCUT2D eigenvalue weighted by atomic mass is 35.5. The number of hydrogen-bond acceptors (Lipinski definition) is 2. The van der Waals surface area contributed by atoms with Crippen molar-refractivity contribution in [3.8, 4) is 5.75 Å². The molecule has 0 amide bonds. The summed E-state index contributed by atoms with van der Waals surface area (Å²) in [6, 6.07) is 5.29. The van der Waals surface area contributed by atoms with E-state index in [1.54, 1.807) is 18.2 Å². The lowest BCUT2D eigenvalue weighted by Gasteiger charge is -2.08. The second-order valence-electron chi connectivity index (χ2n) is 3.20. The molecule has 1 aromatic rings. The van der Waals surface area contributed by atoms with E-state index in [-0.39, 0.29) is 6.61 Å². The van der Waals surface area contributed by atoms with Gasteiger partial charge in [0.25, 0.3) is 0 Å². The fourth-order valence-corrected chi connectivity index (χ4v) is 1.43. The van der Waals surface area contributed by atoms with Gasteiger partial charge in [-0.05, 0) is 30.5 Å². The van der Waals surface area contributed by atoms with Gasteiger partial charge in [-0.25, -0.2) is 0 Å². The summed E-state index contributed by atoms with van der Waals surface area (Å²) >= 11 is 5.96. The van der Waals surface area contributed by atoms with Crippen molar-refractivity contribution >= 4 is 11.6 Å². The summed E-state index contributed by atoms with van der Waals surface area (Å²) in [7, 11) is 0. The molecule has 0 atom stereocenters. The molecule has 0 spiro atoms. The lowest BCUT2D eigenvalue weighted by molar-refractivity contribution is 0.281. The summed E-state index contributed by atoms with van der Waals surface area (Å²) < 4.78 is 5.48. The van der Waals surface area contributed by atoms with Crippen LogP contribution in [0.15, 0.2) is 30.9 Å². The number of rotatable bonds is 6. The summed E-state index contributed by atoms with van der Waals surface area (Å²) in [6.07, 6.45) is 3.73. The SMILES string of the molecule is C=CCCCOc1ccc(CO)cc1Cl. The van der Waals surface area contributed by atoms with E-state index in [0.717, 1.165) is 18.4 Å². The Hall–Kier alpha value is -0.990. The Kier molecular flexibility index (Phi) is 5.22. The van der Waals surface area contributed by atoms with E-state index in [1.807, 2.05) is 6.08 Å². The van der Waals surface area contributed by atoms with Crippen molar-refractivity contribution < 1.29 is 9.84 Å². The maximum Gasteiger partial charge on any atom is 0.137 e. The molecule has 1 N–H and O–H groups in total. The van der Waals surface area contributed by atoms with Gasteiger partial charge in [-0.2, -0.15) is 0 Å². The molecule has 3 heteroatoms. The number of ether oxygens (including phenoxy) is 1. The fourth-order valence-electron chi connectivity index (χ4n) is 1.17. The Morgan fingerprint density at radius 1 is 1.47 bits per heavy atom. The van der Waals surface area contributed by atoms with Crippen LogP contribution in [-0.2, 0) is 6.61 Å². The third kappa shape index (κ3) is 3.94. The third-order valence-electron chi connectivity index (χ3n) is 1.99. The van der Waals surface area contributed by atoms with E-state index in [9.17, 15) is 0 Å². The summed E-state index contributed by atoms with van der Waals surface area (Å²) in [6.45, 7) is 4.26. The normalized spacial score (nSPS) is 10.0. The van der Waals surface area contributed by atoms with E-state index >= 15 is 0 Å². The van der Waals surface area contributed by atoms with E-state index in [4.69, 9.17) is 21.4 Å². The van der Waals surface area contributed by atoms with Gasteiger partial charge < -0.3 is 9.84 Å². The quantitative estimate of drug-likeness (QED) is 0.596. The summed E-state index contributed by atoms with van der Waals surface area (Å²) in [4.78, 5) is 0. The second-order valence-corrected chi connectivity index (χ2v) is 3.61. The molecule has 0 heterocycles. The van der Waals surface area contributed by atoms with Crippen LogP contribution in [0.4, 0.5) is 0 Å². The lowest BCUT2D eigenvalue weighted by Crippen LogP contribution is -1.97. The maximum absolute atomic E-state index is 8.89. The largest absolute Gasteiger partial charge is 0.492 e. The highest BCUT2D eigenvalue weighted by Gasteiger charge is 2.02. The van der Waals surface area contributed by atoms with Crippen LogP contribution in [0.3, 0.4) is 0 Å². The van der Waals surface area contributed by atoms with Crippen LogP contribution < -0.4 is 4.74 Å². The highest BCUT2D eigenvalue weighted by molar-refractivity contribution is 6.32. The zero-order valence-corrected chi connectivity index (χ0v) is 9.33.